The first kappa shape index (κ1) is 20.4. The molecule has 5 nitrogen and oxygen atoms in total. The average molecular weight is 457 g/mol. The summed E-state index contributed by atoms with van der Waals surface area (Å²) in [6, 6.07) is 12.4. The molecule has 0 aromatic heterocycles. The molecule has 0 fully saturated rings. The zero-order chi connectivity index (χ0) is 18.9. The number of anilines is 1. The number of rotatable bonds is 7. The summed E-state index contributed by atoms with van der Waals surface area (Å²) in [6.07, 6.45) is 2.23. The molecule has 2 N–H and O–H groups in total. The van der Waals surface area contributed by atoms with Crippen LogP contribution in [0.5, 0.6) is 0 Å². The van der Waals surface area contributed by atoms with Crippen LogP contribution in [0.25, 0.3) is 0 Å². The van der Waals surface area contributed by atoms with Gasteiger partial charge in [0.05, 0.1) is 16.3 Å². The van der Waals surface area contributed by atoms with Gasteiger partial charge in [-0.25, -0.2) is 5.43 Å². The number of carbonyl (C=O) groups excluding carboxylic acids is 2. The number of hydrogen-bond acceptors (Lipinski definition) is 3. The molecular weight excluding hydrogens is 441 g/mol. The second kappa shape index (κ2) is 10.3. The van der Waals surface area contributed by atoms with Gasteiger partial charge in [0.15, 0.2) is 0 Å². The quantitative estimate of drug-likeness (QED) is 0.453. The number of carbonyl (C=O) groups is 2. The molecule has 136 valence electrons. The Kier molecular flexibility index (Phi) is 8.09. The fraction of sp³-hybridized carbons (Fsp3) is 0.167. The summed E-state index contributed by atoms with van der Waals surface area (Å²) in [4.78, 5) is 23.6. The van der Waals surface area contributed by atoms with Gasteiger partial charge in [-0.3, -0.25) is 9.59 Å². The van der Waals surface area contributed by atoms with Crippen molar-refractivity contribution in [2.75, 3.05) is 5.32 Å². The number of hydrogen-bond donors (Lipinski definition) is 2. The summed E-state index contributed by atoms with van der Waals surface area (Å²) in [5.74, 6) is -0.438. The van der Waals surface area contributed by atoms with Crippen molar-refractivity contribution < 1.29 is 9.59 Å². The van der Waals surface area contributed by atoms with Gasteiger partial charge in [-0.1, -0.05) is 45.2 Å². The summed E-state index contributed by atoms with van der Waals surface area (Å²) in [5, 5.41) is 7.50. The van der Waals surface area contributed by atoms with E-state index < -0.39 is 0 Å². The van der Waals surface area contributed by atoms with E-state index in [4.69, 9.17) is 23.2 Å². The van der Waals surface area contributed by atoms with Gasteiger partial charge in [0.1, 0.15) is 0 Å². The fourth-order valence-electron chi connectivity index (χ4n) is 2.02. The van der Waals surface area contributed by atoms with Gasteiger partial charge in [0.25, 0.3) is 0 Å². The van der Waals surface area contributed by atoms with Crippen molar-refractivity contribution in [2.45, 2.75) is 19.3 Å². The van der Waals surface area contributed by atoms with Crippen LogP contribution >= 0.6 is 39.1 Å². The monoisotopic (exact) mass is 455 g/mol. The van der Waals surface area contributed by atoms with Crippen molar-refractivity contribution in [3.05, 3.63) is 62.5 Å². The van der Waals surface area contributed by atoms with E-state index in [0.717, 1.165) is 4.47 Å². The summed E-state index contributed by atoms with van der Waals surface area (Å²) in [5.41, 5.74) is 3.64. The Bertz CT molecular complexity index is 790. The Balaban J connectivity index is 1.71. The summed E-state index contributed by atoms with van der Waals surface area (Å²) in [6.45, 7) is 0. The lowest BCUT2D eigenvalue weighted by molar-refractivity contribution is -0.121. The van der Waals surface area contributed by atoms with Gasteiger partial charge >= 0.3 is 0 Å². The second-order valence-electron chi connectivity index (χ2n) is 5.34. The van der Waals surface area contributed by atoms with E-state index in [9.17, 15) is 9.59 Å². The van der Waals surface area contributed by atoms with E-state index >= 15 is 0 Å². The number of nitrogens with one attached hydrogen (secondary N) is 2. The molecule has 2 rings (SSSR count). The van der Waals surface area contributed by atoms with E-state index in [-0.39, 0.29) is 24.7 Å². The SMILES string of the molecule is O=C(CCCC(=O)Nc1ccc(Br)cc1)N/N=C/c1c(Cl)cccc1Cl. The number of benzene rings is 2. The number of nitrogens with zero attached hydrogens (tertiary/aromatic N) is 1. The van der Waals surface area contributed by atoms with Gasteiger partial charge in [-0.15, -0.1) is 0 Å². The molecule has 0 spiro atoms. The third-order valence-electron chi connectivity index (χ3n) is 3.32. The maximum absolute atomic E-state index is 11.8. The smallest absolute Gasteiger partial charge is 0.240 e. The number of halogens is 3. The molecule has 0 saturated carbocycles. The van der Waals surface area contributed by atoms with Crippen LogP contribution in [0.1, 0.15) is 24.8 Å². The minimum absolute atomic E-state index is 0.147. The molecule has 2 aromatic carbocycles. The summed E-state index contributed by atoms with van der Waals surface area (Å²) in [7, 11) is 0. The molecule has 0 aliphatic heterocycles. The lowest BCUT2D eigenvalue weighted by atomic mass is 10.2. The van der Waals surface area contributed by atoms with E-state index in [2.05, 4.69) is 31.8 Å². The first-order valence-electron chi connectivity index (χ1n) is 7.77. The molecule has 2 aromatic rings. The third kappa shape index (κ3) is 6.78. The maximum atomic E-state index is 11.8. The fourth-order valence-corrected chi connectivity index (χ4v) is 2.78. The Morgan fingerprint density at radius 2 is 1.62 bits per heavy atom. The maximum Gasteiger partial charge on any atom is 0.240 e. The van der Waals surface area contributed by atoms with Gasteiger partial charge in [-0.2, -0.15) is 5.10 Å². The molecule has 0 aliphatic carbocycles. The highest BCUT2D eigenvalue weighted by Crippen LogP contribution is 2.22. The van der Waals surface area contributed by atoms with Crippen LogP contribution in [0.15, 0.2) is 52.0 Å². The average Bonchev–Trinajstić information content (AvgIpc) is 2.59. The Hall–Kier alpha value is -1.89. The van der Waals surface area contributed by atoms with Crippen LogP contribution in [0, 0.1) is 0 Å². The highest BCUT2D eigenvalue weighted by molar-refractivity contribution is 9.10. The molecule has 0 unspecified atom stereocenters. The van der Waals surface area contributed by atoms with Gasteiger partial charge in [0.2, 0.25) is 11.8 Å². The topological polar surface area (TPSA) is 70.6 Å². The summed E-state index contributed by atoms with van der Waals surface area (Å²) < 4.78 is 0.936. The van der Waals surface area contributed by atoms with Crippen molar-refractivity contribution in [3.63, 3.8) is 0 Å². The first-order valence-corrected chi connectivity index (χ1v) is 9.32. The normalized spacial score (nSPS) is 10.7. The lowest BCUT2D eigenvalue weighted by Crippen LogP contribution is -2.18. The van der Waals surface area contributed by atoms with E-state index in [1.807, 2.05) is 12.1 Å². The van der Waals surface area contributed by atoms with E-state index in [1.165, 1.54) is 6.21 Å². The molecule has 0 atom stereocenters. The van der Waals surface area contributed by atoms with Crippen LogP contribution in [0.4, 0.5) is 5.69 Å². The second-order valence-corrected chi connectivity index (χ2v) is 7.07. The molecule has 8 heteroatoms. The van der Waals surface area contributed by atoms with Crippen LogP contribution in [-0.4, -0.2) is 18.0 Å². The van der Waals surface area contributed by atoms with Crippen molar-refractivity contribution in [2.24, 2.45) is 5.10 Å². The van der Waals surface area contributed by atoms with Gasteiger partial charge in [0, 0.05) is 28.6 Å². The first-order chi connectivity index (χ1) is 12.5. The molecule has 0 saturated heterocycles. The molecule has 0 radical (unpaired) electrons. The molecular formula is C18H16BrCl2N3O2. The Morgan fingerprint density at radius 1 is 1.00 bits per heavy atom. The Labute approximate surface area is 169 Å². The summed E-state index contributed by atoms with van der Waals surface area (Å²) >= 11 is 15.3. The van der Waals surface area contributed by atoms with E-state index in [0.29, 0.717) is 27.7 Å². The minimum Gasteiger partial charge on any atom is -0.326 e. The Morgan fingerprint density at radius 3 is 2.27 bits per heavy atom. The van der Waals surface area contributed by atoms with Crippen LogP contribution in [0.3, 0.4) is 0 Å². The third-order valence-corrected chi connectivity index (χ3v) is 4.51. The lowest BCUT2D eigenvalue weighted by Gasteiger charge is -2.05. The minimum atomic E-state index is -0.291. The number of amides is 2. The molecule has 2 amide bonds. The highest BCUT2D eigenvalue weighted by Gasteiger charge is 2.06. The van der Waals surface area contributed by atoms with Gasteiger partial charge in [-0.05, 0) is 42.8 Å². The van der Waals surface area contributed by atoms with Crippen LogP contribution in [0.2, 0.25) is 10.0 Å². The van der Waals surface area contributed by atoms with Crippen molar-refractivity contribution >= 4 is 62.8 Å². The zero-order valence-corrected chi connectivity index (χ0v) is 16.7. The zero-order valence-electron chi connectivity index (χ0n) is 13.6. The van der Waals surface area contributed by atoms with Crippen molar-refractivity contribution in [1.29, 1.82) is 0 Å². The van der Waals surface area contributed by atoms with Crippen molar-refractivity contribution in [3.8, 4) is 0 Å². The predicted molar refractivity (Wildman–Crippen MR) is 109 cm³/mol. The molecule has 0 bridgehead atoms. The number of hydrazone groups is 1. The molecule has 26 heavy (non-hydrogen) atoms. The highest BCUT2D eigenvalue weighted by atomic mass is 79.9. The van der Waals surface area contributed by atoms with Crippen molar-refractivity contribution in [1.82, 2.24) is 5.43 Å². The predicted octanol–water partition coefficient (Wildman–Crippen LogP) is 5.02. The van der Waals surface area contributed by atoms with Gasteiger partial charge < -0.3 is 5.32 Å². The van der Waals surface area contributed by atoms with Crippen LogP contribution < -0.4 is 10.7 Å². The standard InChI is InChI=1S/C18H16BrCl2N3O2/c19-12-7-9-13(10-8-12)23-17(25)5-2-6-18(26)24-22-11-14-15(20)3-1-4-16(14)21/h1,3-4,7-11H,2,5-6H2,(H,23,25)(H,24,26)/b22-11+. The molecule has 0 aliphatic rings. The van der Waals surface area contributed by atoms with Crippen LogP contribution in [-0.2, 0) is 9.59 Å². The van der Waals surface area contributed by atoms with E-state index in [1.54, 1.807) is 30.3 Å². The molecule has 0 heterocycles. The largest absolute Gasteiger partial charge is 0.326 e.